The zero-order valence-electron chi connectivity index (χ0n) is 14.1. The standard InChI is InChI=1S/C20H19N3O2/c1-23(2)18-11-14-9-8-13-5-3-6-15(12-16(13)19(14)25-18)22-20(24)17-7-4-10-21-17/h3-12,18,21H,1-2H3,(H,22,24). The van der Waals surface area contributed by atoms with E-state index < -0.39 is 0 Å². The summed E-state index contributed by atoms with van der Waals surface area (Å²) in [6.45, 7) is 0. The highest BCUT2D eigenvalue weighted by molar-refractivity contribution is 5.94. The van der Waals surface area contributed by atoms with Crippen molar-refractivity contribution >= 4 is 24.1 Å². The van der Waals surface area contributed by atoms with E-state index >= 15 is 0 Å². The molecule has 0 fully saturated rings. The predicted octanol–water partition coefficient (Wildman–Crippen LogP) is 1.20. The summed E-state index contributed by atoms with van der Waals surface area (Å²) in [5.74, 6) is 0.679. The maximum Gasteiger partial charge on any atom is 0.272 e. The Morgan fingerprint density at radius 2 is 2.08 bits per heavy atom. The number of hydrogen-bond acceptors (Lipinski definition) is 3. The average molecular weight is 333 g/mol. The molecule has 0 radical (unpaired) electrons. The number of carbonyl (C=O) groups excluding carboxylic acids is 1. The van der Waals surface area contributed by atoms with E-state index in [1.54, 1.807) is 18.3 Å². The minimum Gasteiger partial charge on any atom is -0.470 e. The van der Waals surface area contributed by atoms with Gasteiger partial charge >= 0.3 is 0 Å². The lowest BCUT2D eigenvalue weighted by atomic mass is 10.1. The third-order valence-electron chi connectivity index (χ3n) is 4.28. The molecule has 126 valence electrons. The van der Waals surface area contributed by atoms with Crippen molar-refractivity contribution in [1.29, 1.82) is 0 Å². The fourth-order valence-corrected chi connectivity index (χ4v) is 2.96. The average Bonchev–Trinajstić information content (AvgIpc) is 3.22. The van der Waals surface area contributed by atoms with Gasteiger partial charge in [0.2, 0.25) is 0 Å². The van der Waals surface area contributed by atoms with E-state index in [9.17, 15) is 4.79 Å². The molecule has 1 aliphatic carbocycles. The Kier molecular flexibility index (Phi) is 3.78. The predicted molar refractivity (Wildman–Crippen MR) is 98.1 cm³/mol. The molecule has 0 bridgehead atoms. The lowest BCUT2D eigenvalue weighted by Gasteiger charge is -2.18. The van der Waals surface area contributed by atoms with Gasteiger partial charge < -0.3 is 15.0 Å². The van der Waals surface area contributed by atoms with E-state index in [-0.39, 0.29) is 12.1 Å². The molecular weight excluding hydrogens is 314 g/mol. The maximum absolute atomic E-state index is 12.3. The number of hydrogen-bond donors (Lipinski definition) is 2. The summed E-state index contributed by atoms with van der Waals surface area (Å²) >= 11 is 0. The highest BCUT2D eigenvalue weighted by Crippen LogP contribution is 2.21. The fraction of sp³-hybridized carbons (Fsp3) is 0.150. The van der Waals surface area contributed by atoms with E-state index in [2.05, 4.69) is 28.5 Å². The van der Waals surface area contributed by atoms with Crippen LogP contribution in [0.5, 0.6) is 5.75 Å². The Morgan fingerprint density at radius 3 is 2.84 bits per heavy atom. The smallest absolute Gasteiger partial charge is 0.272 e. The van der Waals surface area contributed by atoms with Crippen molar-refractivity contribution < 1.29 is 9.53 Å². The molecule has 5 nitrogen and oxygen atoms in total. The van der Waals surface area contributed by atoms with Gasteiger partial charge in [0.15, 0.2) is 6.23 Å². The lowest BCUT2D eigenvalue weighted by Crippen LogP contribution is -2.29. The largest absolute Gasteiger partial charge is 0.470 e. The summed E-state index contributed by atoms with van der Waals surface area (Å²) in [7, 11) is 3.97. The van der Waals surface area contributed by atoms with Crippen LogP contribution in [-0.4, -0.2) is 36.1 Å². The van der Waals surface area contributed by atoms with E-state index in [0.29, 0.717) is 5.69 Å². The van der Waals surface area contributed by atoms with E-state index in [1.165, 1.54) is 0 Å². The molecule has 1 aromatic heterocycles. The minimum absolute atomic E-state index is 0.0805. The van der Waals surface area contributed by atoms with Gasteiger partial charge in [-0.15, -0.1) is 0 Å². The summed E-state index contributed by atoms with van der Waals surface area (Å²) in [5.41, 5.74) is 2.23. The van der Waals surface area contributed by atoms with Crippen molar-refractivity contribution in [3.8, 4) is 5.75 Å². The van der Waals surface area contributed by atoms with Gasteiger partial charge in [-0.05, 0) is 49.7 Å². The van der Waals surface area contributed by atoms with Crippen LogP contribution >= 0.6 is 0 Å². The Labute approximate surface area is 145 Å². The number of fused-ring (bicyclic) bond motifs is 3. The summed E-state index contributed by atoms with van der Waals surface area (Å²) in [5, 5.41) is 5.07. The molecule has 2 aromatic rings. The first-order chi connectivity index (χ1) is 12.1. The minimum atomic E-state index is -0.171. The van der Waals surface area contributed by atoms with E-state index in [1.807, 2.05) is 43.3 Å². The van der Waals surface area contributed by atoms with Crippen LogP contribution in [-0.2, 0) is 0 Å². The van der Waals surface area contributed by atoms with E-state index in [4.69, 9.17) is 4.74 Å². The summed E-state index contributed by atoms with van der Waals surface area (Å²) in [6, 6.07) is 7.68. The maximum atomic E-state index is 12.3. The number of carbonyl (C=O) groups is 1. The number of nitrogens with one attached hydrogen (secondary N) is 2. The normalized spacial score (nSPS) is 17.6. The van der Waals surface area contributed by atoms with Crippen LogP contribution in [0.25, 0.3) is 18.2 Å². The molecule has 1 aromatic carbocycles. The van der Waals surface area contributed by atoms with Crippen molar-refractivity contribution in [3.63, 3.8) is 0 Å². The Morgan fingerprint density at radius 1 is 1.24 bits per heavy atom. The van der Waals surface area contributed by atoms with Gasteiger partial charge in [-0.3, -0.25) is 9.69 Å². The van der Waals surface area contributed by atoms with Gasteiger partial charge in [0.1, 0.15) is 11.4 Å². The molecule has 2 aliphatic rings. The number of aromatic amines is 1. The molecule has 1 atom stereocenters. The van der Waals surface area contributed by atoms with Crippen LogP contribution < -0.4 is 20.5 Å². The Balaban J connectivity index is 1.71. The molecular formula is C20H19N3O2. The molecule has 0 spiro atoms. The van der Waals surface area contributed by atoms with Crippen LogP contribution in [0.4, 0.5) is 0 Å². The first kappa shape index (κ1) is 15.5. The van der Waals surface area contributed by atoms with Crippen LogP contribution in [0.3, 0.4) is 0 Å². The van der Waals surface area contributed by atoms with Crippen LogP contribution in [0, 0.1) is 0 Å². The van der Waals surface area contributed by atoms with Gasteiger partial charge in [0.05, 0.1) is 0 Å². The van der Waals surface area contributed by atoms with Crippen molar-refractivity contribution in [3.05, 3.63) is 70.0 Å². The third-order valence-corrected chi connectivity index (χ3v) is 4.28. The molecule has 2 heterocycles. The molecule has 4 rings (SSSR count). The second-order valence-electron chi connectivity index (χ2n) is 6.29. The lowest BCUT2D eigenvalue weighted by molar-refractivity contribution is 0.0963. The van der Waals surface area contributed by atoms with Gasteiger partial charge in [-0.2, -0.15) is 0 Å². The number of nitrogens with zero attached hydrogens (tertiary/aromatic N) is 1. The summed E-state index contributed by atoms with van der Waals surface area (Å²) < 4.78 is 6.11. The quantitative estimate of drug-likeness (QED) is 0.887. The topological polar surface area (TPSA) is 57.4 Å². The number of ether oxygens (including phenoxy) is 1. The van der Waals surface area contributed by atoms with Gasteiger partial charge in [-0.25, -0.2) is 0 Å². The van der Waals surface area contributed by atoms with Crippen molar-refractivity contribution in [2.75, 3.05) is 14.1 Å². The zero-order chi connectivity index (χ0) is 17.4. The molecule has 1 aliphatic heterocycles. The van der Waals surface area contributed by atoms with Crippen LogP contribution in [0.1, 0.15) is 16.1 Å². The number of rotatable bonds is 3. The molecule has 25 heavy (non-hydrogen) atoms. The highest BCUT2D eigenvalue weighted by Gasteiger charge is 2.21. The first-order valence-electron chi connectivity index (χ1n) is 8.14. The summed E-state index contributed by atoms with van der Waals surface area (Å²) in [6.07, 6.45) is 11.5. The SMILES string of the molecule is CN(C)C1C=c2ccc3c(c2O1)C=C(NC(=O)c1ccc[nH]1)C=CC=3. The highest BCUT2D eigenvalue weighted by atomic mass is 16.5. The van der Waals surface area contributed by atoms with Gasteiger partial charge in [0, 0.05) is 22.7 Å². The number of H-pyrrole nitrogens is 1. The van der Waals surface area contributed by atoms with Crippen molar-refractivity contribution in [2.45, 2.75) is 6.23 Å². The number of aromatic nitrogens is 1. The van der Waals surface area contributed by atoms with E-state index in [0.717, 1.165) is 27.4 Å². The number of amides is 1. The molecule has 2 N–H and O–H groups in total. The number of allylic oxidation sites excluding steroid dienone is 2. The van der Waals surface area contributed by atoms with Gasteiger partial charge in [-0.1, -0.05) is 24.3 Å². The Bertz CT molecular complexity index is 998. The van der Waals surface area contributed by atoms with Crippen molar-refractivity contribution in [2.24, 2.45) is 0 Å². The third kappa shape index (κ3) is 2.90. The number of benzene rings is 1. The molecule has 0 saturated heterocycles. The van der Waals surface area contributed by atoms with Crippen LogP contribution in [0.2, 0.25) is 0 Å². The summed E-state index contributed by atoms with van der Waals surface area (Å²) in [4.78, 5) is 17.2. The molecule has 1 unspecified atom stereocenters. The second kappa shape index (κ2) is 6.11. The monoisotopic (exact) mass is 333 g/mol. The fourth-order valence-electron chi connectivity index (χ4n) is 2.96. The zero-order valence-corrected chi connectivity index (χ0v) is 14.1. The molecule has 5 heteroatoms. The van der Waals surface area contributed by atoms with Crippen LogP contribution in [0.15, 0.2) is 48.3 Å². The molecule has 0 saturated carbocycles. The Hall–Kier alpha value is -3.05. The first-order valence-corrected chi connectivity index (χ1v) is 8.14. The second-order valence-corrected chi connectivity index (χ2v) is 6.29. The van der Waals surface area contributed by atoms with Gasteiger partial charge in [0.25, 0.3) is 5.91 Å². The molecule has 1 amide bonds. The van der Waals surface area contributed by atoms with Crippen molar-refractivity contribution in [1.82, 2.24) is 15.2 Å².